The Kier molecular flexibility index (Phi) is 5.24. The number of hydrazone groups is 1. The molecule has 0 aliphatic carbocycles. The third-order valence-electron chi connectivity index (χ3n) is 5.00. The van der Waals surface area contributed by atoms with E-state index in [1.54, 1.807) is 23.1 Å². The van der Waals surface area contributed by atoms with E-state index in [0.717, 1.165) is 30.0 Å². The van der Waals surface area contributed by atoms with E-state index >= 15 is 0 Å². The third-order valence-corrected chi connectivity index (χ3v) is 5.00. The van der Waals surface area contributed by atoms with Gasteiger partial charge in [0.2, 0.25) is 0 Å². The van der Waals surface area contributed by atoms with Crippen molar-refractivity contribution >= 4 is 23.6 Å². The zero-order valence-electron chi connectivity index (χ0n) is 17.1. The van der Waals surface area contributed by atoms with E-state index in [9.17, 15) is 0 Å². The van der Waals surface area contributed by atoms with Crippen molar-refractivity contribution < 1.29 is 4.74 Å². The van der Waals surface area contributed by atoms with Gasteiger partial charge in [0.05, 0.1) is 19.4 Å². The number of fused-ring (bicyclic) bond motifs is 1. The fraction of sp³-hybridized carbons (Fsp3) is 0.227. The second-order valence-corrected chi connectivity index (χ2v) is 7.27. The minimum atomic E-state index is 0.504. The molecule has 0 amide bonds. The lowest BCUT2D eigenvalue weighted by atomic mass is 10.2. The predicted octanol–water partition coefficient (Wildman–Crippen LogP) is 2.78. The molecule has 0 radical (unpaired) electrons. The minimum Gasteiger partial charge on any atom is -0.378 e. The Labute approximate surface area is 179 Å². The Bertz CT molecular complexity index is 1210. The van der Waals surface area contributed by atoms with Gasteiger partial charge < -0.3 is 9.64 Å². The quantitative estimate of drug-likeness (QED) is 0.396. The highest BCUT2D eigenvalue weighted by Crippen LogP contribution is 2.23. The number of nitrogens with one attached hydrogen (secondary N) is 1. The lowest BCUT2D eigenvalue weighted by Gasteiger charge is -2.28. The molecule has 0 saturated carbocycles. The molecule has 9 nitrogen and oxygen atoms in total. The smallest absolute Gasteiger partial charge is 0.256 e. The molecule has 0 atom stereocenters. The van der Waals surface area contributed by atoms with Crippen LogP contribution < -0.4 is 10.3 Å². The van der Waals surface area contributed by atoms with Crippen molar-refractivity contribution in [2.75, 3.05) is 36.6 Å². The predicted molar refractivity (Wildman–Crippen MR) is 119 cm³/mol. The standard InChI is InChI=1S/C22H22N8O/c1-16-3-2-4-17(13-16)15-24-27-19-14-20(29-9-11-31-12-10-29)30-22(25-19)26-21(28-30)18-5-7-23-8-6-18/h2-8,13-15H,9-12H2,1H3,(H,25,26,27,28)/b24-15+. The molecule has 9 heteroatoms. The first-order valence-electron chi connectivity index (χ1n) is 10.1. The maximum absolute atomic E-state index is 5.51. The van der Waals surface area contributed by atoms with E-state index in [-0.39, 0.29) is 0 Å². The van der Waals surface area contributed by atoms with Gasteiger partial charge in [0.1, 0.15) is 5.82 Å². The van der Waals surface area contributed by atoms with Crippen molar-refractivity contribution in [2.24, 2.45) is 5.10 Å². The zero-order chi connectivity index (χ0) is 21.0. The number of rotatable bonds is 5. The molecule has 1 aliphatic heterocycles. The van der Waals surface area contributed by atoms with Crippen molar-refractivity contribution in [1.82, 2.24) is 24.6 Å². The fourth-order valence-corrected chi connectivity index (χ4v) is 3.47. The summed E-state index contributed by atoms with van der Waals surface area (Å²) in [5, 5.41) is 9.07. The molecule has 5 rings (SSSR count). The first-order valence-corrected chi connectivity index (χ1v) is 10.1. The largest absolute Gasteiger partial charge is 0.378 e. The maximum Gasteiger partial charge on any atom is 0.256 e. The average molecular weight is 414 g/mol. The van der Waals surface area contributed by atoms with Crippen LogP contribution in [0.5, 0.6) is 0 Å². The second kappa shape index (κ2) is 8.49. The van der Waals surface area contributed by atoms with Crippen molar-refractivity contribution in [3.8, 4) is 11.4 Å². The SMILES string of the molecule is Cc1cccc(/C=N/Nc2cc(N3CCOCC3)n3nc(-c4ccncc4)nc3n2)c1. The third kappa shape index (κ3) is 4.22. The van der Waals surface area contributed by atoms with Crippen LogP contribution in [0.4, 0.5) is 11.6 Å². The topological polar surface area (TPSA) is 92.8 Å². The number of ether oxygens (including phenoxy) is 1. The monoisotopic (exact) mass is 414 g/mol. The average Bonchev–Trinajstić information content (AvgIpc) is 3.24. The Morgan fingerprint density at radius 1 is 1.06 bits per heavy atom. The Hall–Kier alpha value is -3.85. The van der Waals surface area contributed by atoms with Gasteiger partial charge in [-0.25, -0.2) is 0 Å². The van der Waals surface area contributed by atoms with Crippen LogP contribution in [0.1, 0.15) is 11.1 Å². The minimum absolute atomic E-state index is 0.504. The lowest BCUT2D eigenvalue weighted by molar-refractivity contribution is 0.122. The first-order chi connectivity index (χ1) is 15.3. The molecule has 0 unspecified atom stereocenters. The zero-order valence-corrected chi connectivity index (χ0v) is 17.1. The van der Waals surface area contributed by atoms with Gasteiger partial charge >= 0.3 is 0 Å². The molecule has 4 aromatic rings. The van der Waals surface area contributed by atoms with Crippen molar-refractivity contribution in [3.63, 3.8) is 0 Å². The van der Waals surface area contributed by atoms with Crippen LogP contribution in [0.15, 0.2) is 60.0 Å². The summed E-state index contributed by atoms with van der Waals surface area (Å²) in [7, 11) is 0. The molecule has 1 aromatic carbocycles. The number of pyridine rings is 1. The second-order valence-electron chi connectivity index (χ2n) is 7.27. The number of benzene rings is 1. The van der Waals surface area contributed by atoms with E-state index in [1.807, 2.05) is 30.3 Å². The number of aromatic nitrogens is 5. The van der Waals surface area contributed by atoms with Crippen molar-refractivity contribution in [3.05, 3.63) is 66.0 Å². The van der Waals surface area contributed by atoms with Crippen LogP contribution >= 0.6 is 0 Å². The van der Waals surface area contributed by atoms with Gasteiger partial charge in [-0.2, -0.15) is 19.6 Å². The summed E-state index contributed by atoms with van der Waals surface area (Å²) in [6, 6.07) is 13.8. The number of anilines is 2. The first kappa shape index (κ1) is 19.1. The van der Waals surface area contributed by atoms with Crippen LogP contribution in [0, 0.1) is 6.92 Å². The number of morpholine rings is 1. The van der Waals surface area contributed by atoms with Gasteiger partial charge in [-0.05, 0) is 24.6 Å². The van der Waals surface area contributed by atoms with Gasteiger partial charge in [0.25, 0.3) is 5.78 Å². The van der Waals surface area contributed by atoms with Gasteiger partial charge in [-0.3, -0.25) is 10.4 Å². The summed E-state index contributed by atoms with van der Waals surface area (Å²) < 4.78 is 7.29. The van der Waals surface area contributed by atoms with Crippen molar-refractivity contribution in [2.45, 2.75) is 6.92 Å². The normalized spacial score (nSPS) is 14.4. The Morgan fingerprint density at radius 2 is 1.90 bits per heavy atom. The highest BCUT2D eigenvalue weighted by molar-refractivity contribution is 5.80. The molecular weight excluding hydrogens is 392 g/mol. The van der Waals surface area contributed by atoms with Gasteiger partial charge in [-0.15, -0.1) is 5.10 Å². The Balaban J connectivity index is 1.50. The summed E-state index contributed by atoms with van der Waals surface area (Å²) >= 11 is 0. The van der Waals surface area contributed by atoms with Gasteiger partial charge in [0.15, 0.2) is 11.6 Å². The molecule has 3 aromatic heterocycles. The van der Waals surface area contributed by atoms with E-state index in [1.165, 1.54) is 5.56 Å². The number of hydrogen-bond donors (Lipinski definition) is 1. The number of hydrogen-bond acceptors (Lipinski definition) is 8. The summed E-state index contributed by atoms with van der Waals surface area (Å²) in [5.41, 5.74) is 6.14. The maximum atomic E-state index is 5.51. The summed E-state index contributed by atoms with van der Waals surface area (Å²) in [4.78, 5) is 15.5. The molecule has 1 N–H and O–H groups in total. The van der Waals surface area contributed by atoms with Gasteiger partial charge in [-0.1, -0.05) is 29.8 Å². The molecule has 1 aliphatic rings. The number of nitrogens with zero attached hydrogens (tertiary/aromatic N) is 7. The van der Waals surface area contributed by atoms with Crippen LogP contribution in [-0.4, -0.2) is 57.1 Å². The molecular formula is C22H22N8O. The Morgan fingerprint density at radius 3 is 2.71 bits per heavy atom. The van der Waals surface area contributed by atoms with Crippen LogP contribution in [0.3, 0.4) is 0 Å². The summed E-state index contributed by atoms with van der Waals surface area (Å²) in [6.07, 6.45) is 5.23. The number of aryl methyl sites for hydroxylation is 1. The molecule has 31 heavy (non-hydrogen) atoms. The molecule has 0 spiro atoms. The summed E-state index contributed by atoms with van der Waals surface area (Å²) in [6.45, 7) is 4.94. The van der Waals surface area contributed by atoms with Crippen LogP contribution in [-0.2, 0) is 4.74 Å². The van der Waals surface area contributed by atoms with E-state index in [2.05, 4.69) is 49.4 Å². The highest BCUT2D eigenvalue weighted by Gasteiger charge is 2.19. The van der Waals surface area contributed by atoms with E-state index < -0.39 is 0 Å². The molecule has 1 saturated heterocycles. The van der Waals surface area contributed by atoms with Gasteiger partial charge in [0, 0.05) is 37.1 Å². The molecule has 156 valence electrons. The van der Waals surface area contributed by atoms with Crippen molar-refractivity contribution in [1.29, 1.82) is 0 Å². The summed E-state index contributed by atoms with van der Waals surface area (Å²) in [5.74, 6) is 2.61. The lowest BCUT2D eigenvalue weighted by Crippen LogP contribution is -2.37. The van der Waals surface area contributed by atoms with Crippen LogP contribution in [0.2, 0.25) is 0 Å². The van der Waals surface area contributed by atoms with E-state index in [0.29, 0.717) is 30.6 Å². The highest BCUT2D eigenvalue weighted by atomic mass is 16.5. The fourth-order valence-electron chi connectivity index (χ4n) is 3.47. The molecule has 4 heterocycles. The van der Waals surface area contributed by atoms with E-state index in [4.69, 9.17) is 9.84 Å². The molecule has 1 fully saturated rings. The molecule has 0 bridgehead atoms. The van der Waals surface area contributed by atoms with Crippen LogP contribution in [0.25, 0.3) is 17.2 Å².